The molecule has 1 aromatic heterocycles. The maximum atomic E-state index is 12.4. The lowest BCUT2D eigenvalue weighted by atomic mass is 10.1. The lowest BCUT2D eigenvalue weighted by molar-refractivity contribution is -0.142. The minimum atomic E-state index is -0.692. The average molecular weight is 314 g/mol. The van der Waals surface area contributed by atoms with Crippen molar-refractivity contribution in [2.24, 2.45) is 5.73 Å². The van der Waals surface area contributed by atoms with E-state index in [1.54, 1.807) is 12.3 Å². The molecule has 120 valence electrons. The molecule has 4 N–H and O–H groups in total. The molecule has 0 amide bonds. The zero-order valence-corrected chi connectivity index (χ0v) is 12.7. The van der Waals surface area contributed by atoms with Gasteiger partial charge in [-0.05, 0) is 36.4 Å². The van der Waals surface area contributed by atoms with E-state index in [-0.39, 0.29) is 5.56 Å². The number of nitrogens with zero attached hydrogens (tertiary/aromatic N) is 1. The van der Waals surface area contributed by atoms with E-state index in [0.29, 0.717) is 18.5 Å². The van der Waals surface area contributed by atoms with E-state index in [0.717, 1.165) is 16.9 Å². The molecule has 2 aromatic rings. The summed E-state index contributed by atoms with van der Waals surface area (Å²) in [6.45, 7) is 0.597. The highest BCUT2D eigenvalue weighted by molar-refractivity contribution is 5.75. The third kappa shape index (κ3) is 2.91. The van der Waals surface area contributed by atoms with Crippen LogP contribution in [0.1, 0.15) is 16.8 Å². The molecule has 2 heterocycles. The Labute approximate surface area is 132 Å². The van der Waals surface area contributed by atoms with Crippen LogP contribution in [0.15, 0.2) is 35.3 Å². The van der Waals surface area contributed by atoms with Crippen LogP contribution in [-0.4, -0.2) is 28.9 Å². The summed E-state index contributed by atoms with van der Waals surface area (Å²) in [5.41, 5.74) is 8.82. The minimum Gasteiger partial charge on any atom is -0.468 e. The molecule has 23 heavy (non-hydrogen) atoms. The summed E-state index contributed by atoms with van der Waals surface area (Å²) in [6.07, 6.45) is 3.91. The number of fused-ring (bicyclic) bond motifs is 1. The molecule has 0 saturated carbocycles. The van der Waals surface area contributed by atoms with Crippen molar-refractivity contribution >= 4 is 12.0 Å². The first kappa shape index (κ1) is 15.1. The number of ether oxygens (including phenoxy) is 1. The summed E-state index contributed by atoms with van der Waals surface area (Å²) in [4.78, 5) is 23.7. The first-order valence-corrected chi connectivity index (χ1v) is 7.26. The number of rotatable bonds is 4. The van der Waals surface area contributed by atoms with Crippen molar-refractivity contribution in [3.05, 3.63) is 57.6 Å². The first-order chi connectivity index (χ1) is 11.1. The number of aromatic amines is 1. The summed E-state index contributed by atoms with van der Waals surface area (Å²) in [5.74, 6) is -0.443. The molecule has 0 saturated heterocycles. The van der Waals surface area contributed by atoms with Gasteiger partial charge in [-0.25, -0.2) is 4.68 Å². The van der Waals surface area contributed by atoms with E-state index >= 15 is 0 Å². The highest BCUT2D eigenvalue weighted by Gasteiger charge is 2.16. The predicted octanol–water partition coefficient (Wildman–Crippen LogP) is 0.282. The topological polar surface area (TPSA) is 102 Å². The second kappa shape index (κ2) is 6.13. The van der Waals surface area contributed by atoms with Gasteiger partial charge < -0.3 is 15.8 Å². The Balaban J connectivity index is 1.83. The highest BCUT2D eigenvalue weighted by atomic mass is 16.5. The molecule has 0 unspecified atom stereocenters. The standard InChI is InChI=1S/C16H18N4O3/c1-23-16(22)13(17)8-10-2-4-11(5-3-10)20-15(21)12-6-7-18-9-14(12)19-20/h2-7,13,18-19H,8-9,17H2,1H3/t13-/m0/s1. The van der Waals surface area contributed by atoms with Gasteiger partial charge in [-0.2, -0.15) is 0 Å². The predicted molar refractivity (Wildman–Crippen MR) is 86.0 cm³/mol. The van der Waals surface area contributed by atoms with Gasteiger partial charge in [0.2, 0.25) is 0 Å². The Hall–Kier alpha value is -2.80. The first-order valence-electron chi connectivity index (χ1n) is 7.26. The number of carbonyl (C=O) groups is 1. The van der Waals surface area contributed by atoms with Gasteiger partial charge in [-0.15, -0.1) is 0 Å². The highest BCUT2D eigenvalue weighted by Crippen LogP contribution is 2.13. The number of nitrogens with two attached hydrogens (primary N) is 1. The normalized spacial score (nSPS) is 14.0. The Bertz CT molecular complexity index is 802. The number of esters is 1. The van der Waals surface area contributed by atoms with Gasteiger partial charge in [-0.3, -0.25) is 14.7 Å². The molecule has 0 spiro atoms. The van der Waals surface area contributed by atoms with Crippen molar-refractivity contribution in [2.45, 2.75) is 19.0 Å². The van der Waals surface area contributed by atoms with Crippen LogP contribution in [0.5, 0.6) is 0 Å². The molecular formula is C16H18N4O3. The fourth-order valence-corrected chi connectivity index (χ4v) is 2.56. The summed E-state index contributed by atoms with van der Waals surface area (Å²) in [5, 5.41) is 6.16. The number of hydrogen-bond donors (Lipinski definition) is 3. The van der Waals surface area contributed by atoms with Gasteiger partial charge in [0, 0.05) is 0 Å². The number of H-pyrrole nitrogens is 1. The number of carbonyl (C=O) groups excluding carboxylic acids is 1. The van der Waals surface area contributed by atoms with E-state index in [2.05, 4.69) is 15.2 Å². The molecule has 1 atom stereocenters. The van der Waals surface area contributed by atoms with Gasteiger partial charge in [0.05, 0.1) is 30.6 Å². The van der Waals surface area contributed by atoms with Gasteiger partial charge in [0.15, 0.2) is 0 Å². The molecule has 0 fully saturated rings. The second-order valence-corrected chi connectivity index (χ2v) is 5.36. The van der Waals surface area contributed by atoms with E-state index in [1.165, 1.54) is 11.8 Å². The number of hydrogen-bond acceptors (Lipinski definition) is 5. The molecule has 1 aliphatic rings. The summed E-state index contributed by atoms with van der Waals surface area (Å²) < 4.78 is 6.12. The number of benzene rings is 1. The van der Waals surface area contributed by atoms with Crippen molar-refractivity contribution in [1.29, 1.82) is 0 Å². The Morgan fingerprint density at radius 2 is 2.13 bits per heavy atom. The van der Waals surface area contributed by atoms with Gasteiger partial charge in [-0.1, -0.05) is 12.1 Å². The van der Waals surface area contributed by atoms with Gasteiger partial charge >= 0.3 is 5.97 Å². The maximum absolute atomic E-state index is 12.4. The number of nitrogens with one attached hydrogen (secondary N) is 2. The van der Waals surface area contributed by atoms with E-state index in [4.69, 9.17) is 5.73 Å². The smallest absolute Gasteiger partial charge is 0.322 e. The number of methoxy groups -OCH3 is 1. The van der Waals surface area contributed by atoms with Crippen molar-refractivity contribution in [3.8, 4) is 5.69 Å². The van der Waals surface area contributed by atoms with Crippen molar-refractivity contribution in [2.75, 3.05) is 7.11 Å². The molecule has 0 bridgehead atoms. The zero-order valence-electron chi connectivity index (χ0n) is 12.7. The van der Waals surface area contributed by atoms with Crippen LogP contribution < -0.4 is 16.6 Å². The van der Waals surface area contributed by atoms with Crippen LogP contribution >= 0.6 is 0 Å². The molecule has 7 heteroatoms. The van der Waals surface area contributed by atoms with Crippen molar-refractivity contribution in [3.63, 3.8) is 0 Å². The Morgan fingerprint density at radius 1 is 1.39 bits per heavy atom. The van der Waals surface area contributed by atoms with Crippen molar-refractivity contribution in [1.82, 2.24) is 15.1 Å². The summed E-state index contributed by atoms with van der Waals surface area (Å²) in [6, 6.07) is 6.64. The zero-order chi connectivity index (χ0) is 16.4. The van der Waals surface area contributed by atoms with E-state index in [9.17, 15) is 9.59 Å². The lowest BCUT2D eigenvalue weighted by Gasteiger charge is -2.10. The fourth-order valence-electron chi connectivity index (χ4n) is 2.56. The Kier molecular flexibility index (Phi) is 4.03. The molecular weight excluding hydrogens is 296 g/mol. The number of aromatic nitrogens is 2. The van der Waals surface area contributed by atoms with E-state index < -0.39 is 12.0 Å². The lowest BCUT2D eigenvalue weighted by Crippen LogP contribution is -2.33. The molecule has 0 aliphatic carbocycles. The molecule has 0 radical (unpaired) electrons. The summed E-state index contributed by atoms with van der Waals surface area (Å²) >= 11 is 0. The molecule has 3 rings (SSSR count). The quantitative estimate of drug-likeness (QED) is 0.704. The molecule has 1 aromatic carbocycles. The second-order valence-electron chi connectivity index (χ2n) is 5.36. The van der Waals surface area contributed by atoms with Crippen LogP contribution in [0.25, 0.3) is 11.8 Å². The largest absolute Gasteiger partial charge is 0.468 e. The maximum Gasteiger partial charge on any atom is 0.322 e. The Morgan fingerprint density at radius 3 is 2.78 bits per heavy atom. The monoisotopic (exact) mass is 314 g/mol. The summed E-state index contributed by atoms with van der Waals surface area (Å²) in [7, 11) is 1.31. The van der Waals surface area contributed by atoms with Crippen LogP contribution in [0.3, 0.4) is 0 Å². The molecule has 7 nitrogen and oxygen atoms in total. The average Bonchev–Trinajstić information content (AvgIpc) is 2.92. The van der Waals surface area contributed by atoms with Crippen molar-refractivity contribution < 1.29 is 9.53 Å². The van der Waals surface area contributed by atoms with Crippen LogP contribution in [0.4, 0.5) is 0 Å². The molecule has 1 aliphatic heterocycles. The van der Waals surface area contributed by atoms with E-state index in [1.807, 2.05) is 24.3 Å². The fraction of sp³-hybridized carbons (Fsp3) is 0.250. The van der Waals surface area contributed by atoms with Gasteiger partial charge in [0.1, 0.15) is 6.04 Å². The minimum absolute atomic E-state index is 0.0863. The van der Waals surface area contributed by atoms with Crippen LogP contribution in [0.2, 0.25) is 0 Å². The third-order valence-electron chi connectivity index (χ3n) is 3.81. The van der Waals surface area contributed by atoms with Crippen LogP contribution in [0, 0.1) is 0 Å². The van der Waals surface area contributed by atoms with Crippen LogP contribution in [-0.2, 0) is 22.5 Å². The third-order valence-corrected chi connectivity index (χ3v) is 3.81. The van der Waals surface area contributed by atoms with Gasteiger partial charge in [0.25, 0.3) is 5.56 Å². The SMILES string of the molecule is COC(=O)[C@@H](N)Cc1ccc(-n2[nH]c3c(c2=O)C=CNC3)cc1.